The van der Waals surface area contributed by atoms with E-state index in [9.17, 15) is 0 Å². The molecule has 0 N–H and O–H groups in total. The standard InChI is InChI=1S/C16H24O/c1-6-7-12-17-13(2)14-8-10-15(11-9-14)16(3,4)5/h8-11H,2,6-7,12H2,1,3-5H3. The predicted octanol–water partition coefficient (Wildman–Crippen LogP) is 4.77. The number of ether oxygens (including phenoxy) is 1. The third-order valence-electron chi connectivity index (χ3n) is 2.85. The first kappa shape index (κ1) is 13.8. The molecule has 0 radical (unpaired) electrons. The summed E-state index contributed by atoms with van der Waals surface area (Å²) in [4.78, 5) is 0. The zero-order valence-corrected chi connectivity index (χ0v) is 11.5. The van der Waals surface area contributed by atoms with Gasteiger partial charge in [0, 0.05) is 5.56 Å². The van der Waals surface area contributed by atoms with E-state index in [-0.39, 0.29) is 5.41 Å². The maximum atomic E-state index is 5.60. The van der Waals surface area contributed by atoms with Crippen LogP contribution in [0.1, 0.15) is 51.7 Å². The summed E-state index contributed by atoms with van der Waals surface area (Å²) in [7, 11) is 0. The fraction of sp³-hybridized carbons (Fsp3) is 0.500. The Morgan fingerprint density at radius 3 is 2.24 bits per heavy atom. The fourth-order valence-corrected chi connectivity index (χ4v) is 1.58. The molecule has 0 aliphatic carbocycles. The van der Waals surface area contributed by atoms with Gasteiger partial charge < -0.3 is 4.74 Å². The van der Waals surface area contributed by atoms with E-state index in [1.165, 1.54) is 5.56 Å². The summed E-state index contributed by atoms with van der Waals surface area (Å²) >= 11 is 0. The normalized spacial score (nSPS) is 11.3. The molecule has 1 rings (SSSR count). The van der Waals surface area contributed by atoms with Gasteiger partial charge in [0.25, 0.3) is 0 Å². The number of hydrogen-bond acceptors (Lipinski definition) is 1. The minimum absolute atomic E-state index is 0.197. The van der Waals surface area contributed by atoms with Crippen molar-refractivity contribution in [3.63, 3.8) is 0 Å². The van der Waals surface area contributed by atoms with Gasteiger partial charge in [-0.1, -0.05) is 65.0 Å². The van der Waals surface area contributed by atoms with Crippen LogP contribution in [0.3, 0.4) is 0 Å². The average molecular weight is 232 g/mol. The smallest absolute Gasteiger partial charge is 0.119 e. The second-order valence-electron chi connectivity index (χ2n) is 5.45. The molecular formula is C16H24O. The first-order valence-corrected chi connectivity index (χ1v) is 6.37. The van der Waals surface area contributed by atoms with Crippen LogP contribution in [0.25, 0.3) is 5.76 Å². The van der Waals surface area contributed by atoms with Gasteiger partial charge in [-0.2, -0.15) is 0 Å². The fourth-order valence-electron chi connectivity index (χ4n) is 1.58. The van der Waals surface area contributed by atoms with Gasteiger partial charge in [0.05, 0.1) is 6.61 Å². The largest absolute Gasteiger partial charge is 0.494 e. The minimum Gasteiger partial charge on any atom is -0.494 e. The van der Waals surface area contributed by atoms with Gasteiger partial charge >= 0.3 is 0 Å². The maximum absolute atomic E-state index is 5.60. The Kier molecular flexibility index (Phi) is 4.80. The Balaban J connectivity index is 2.64. The molecule has 17 heavy (non-hydrogen) atoms. The Morgan fingerprint density at radius 1 is 1.18 bits per heavy atom. The molecule has 1 heteroatoms. The molecule has 0 aliphatic heterocycles. The molecule has 1 nitrogen and oxygen atoms in total. The summed E-state index contributed by atoms with van der Waals surface area (Å²) in [5, 5.41) is 0. The van der Waals surface area contributed by atoms with Crippen molar-refractivity contribution >= 4 is 5.76 Å². The third kappa shape index (κ3) is 4.26. The van der Waals surface area contributed by atoms with Gasteiger partial charge in [0.1, 0.15) is 5.76 Å². The van der Waals surface area contributed by atoms with Crippen LogP contribution in [0.4, 0.5) is 0 Å². The molecule has 0 spiro atoms. The lowest BCUT2D eigenvalue weighted by Crippen LogP contribution is -2.10. The van der Waals surface area contributed by atoms with E-state index in [2.05, 4.69) is 58.5 Å². The Labute approximate surface area is 106 Å². The van der Waals surface area contributed by atoms with E-state index in [4.69, 9.17) is 4.74 Å². The van der Waals surface area contributed by atoms with Gasteiger partial charge in [0.2, 0.25) is 0 Å². The molecule has 0 atom stereocenters. The first-order valence-electron chi connectivity index (χ1n) is 6.37. The van der Waals surface area contributed by atoms with Crippen LogP contribution < -0.4 is 0 Å². The van der Waals surface area contributed by atoms with Crippen molar-refractivity contribution in [3.8, 4) is 0 Å². The average Bonchev–Trinajstić information content (AvgIpc) is 2.28. The molecule has 0 heterocycles. The molecule has 0 aliphatic rings. The Bertz CT molecular complexity index is 354. The van der Waals surface area contributed by atoms with Crippen LogP contribution in [-0.2, 0) is 10.2 Å². The lowest BCUT2D eigenvalue weighted by atomic mass is 9.86. The van der Waals surface area contributed by atoms with Crippen molar-refractivity contribution in [1.29, 1.82) is 0 Å². The van der Waals surface area contributed by atoms with Crippen molar-refractivity contribution < 1.29 is 4.74 Å². The number of rotatable bonds is 5. The SMILES string of the molecule is C=C(OCCCC)c1ccc(C(C)(C)C)cc1. The van der Waals surface area contributed by atoms with E-state index in [1.54, 1.807) is 0 Å². The predicted molar refractivity (Wildman–Crippen MR) is 75.0 cm³/mol. The molecular weight excluding hydrogens is 208 g/mol. The second-order valence-corrected chi connectivity index (χ2v) is 5.45. The summed E-state index contributed by atoms with van der Waals surface area (Å²) in [5.74, 6) is 0.777. The van der Waals surface area contributed by atoms with E-state index < -0.39 is 0 Å². The minimum atomic E-state index is 0.197. The van der Waals surface area contributed by atoms with Crippen LogP contribution in [0.15, 0.2) is 30.8 Å². The number of hydrogen-bond donors (Lipinski definition) is 0. The quantitative estimate of drug-likeness (QED) is 0.525. The lowest BCUT2D eigenvalue weighted by Gasteiger charge is -2.19. The third-order valence-corrected chi connectivity index (χ3v) is 2.85. The molecule has 0 aromatic heterocycles. The molecule has 1 aromatic rings. The highest BCUT2D eigenvalue weighted by Gasteiger charge is 2.13. The van der Waals surface area contributed by atoms with Crippen molar-refractivity contribution in [3.05, 3.63) is 42.0 Å². The van der Waals surface area contributed by atoms with Crippen molar-refractivity contribution in [1.82, 2.24) is 0 Å². The van der Waals surface area contributed by atoms with E-state index in [1.807, 2.05) is 0 Å². The second kappa shape index (κ2) is 5.90. The molecule has 0 bridgehead atoms. The van der Waals surface area contributed by atoms with Crippen molar-refractivity contribution in [2.75, 3.05) is 6.61 Å². The van der Waals surface area contributed by atoms with Crippen molar-refractivity contribution in [2.45, 2.75) is 46.0 Å². The summed E-state index contributed by atoms with van der Waals surface area (Å²) in [6.07, 6.45) is 2.23. The molecule has 0 fully saturated rings. The van der Waals surface area contributed by atoms with Gasteiger partial charge in [0.15, 0.2) is 0 Å². The highest BCUT2D eigenvalue weighted by atomic mass is 16.5. The van der Waals surface area contributed by atoms with E-state index in [0.29, 0.717) is 0 Å². The zero-order valence-electron chi connectivity index (χ0n) is 11.5. The topological polar surface area (TPSA) is 9.23 Å². The summed E-state index contributed by atoms with van der Waals surface area (Å²) in [5.41, 5.74) is 2.61. The van der Waals surface area contributed by atoms with Crippen molar-refractivity contribution in [2.24, 2.45) is 0 Å². The van der Waals surface area contributed by atoms with Crippen LogP contribution in [0.5, 0.6) is 0 Å². The monoisotopic (exact) mass is 232 g/mol. The summed E-state index contributed by atoms with van der Waals surface area (Å²) < 4.78 is 5.60. The van der Waals surface area contributed by atoms with E-state index in [0.717, 1.165) is 30.8 Å². The van der Waals surface area contributed by atoms with Crippen LogP contribution in [0, 0.1) is 0 Å². The van der Waals surface area contributed by atoms with Gasteiger partial charge in [-0.05, 0) is 17.4 Å². The number of benzene rings is 1. The van der Waals surface area contributed by atoms with Gasteiger partial charge in [-0.15, -0.1) is 0 Å². The van der Waals surface area contributed by atoms with Gasteiger partial charge in [-0.3, -0.25) is 0 Å². The van der Waals surface area contributed by atoms with Crippen LogP contribution in [0.2, 0.25) is 0 Å². The molecule has 0 saturated heterocycles. The summed E-state index contributed by atoms with van der Waals surface area (Å²) in [6, 6.07) is 8.50. The Morgan fingerprint density at radius 2 is 1.76 bits per heavy atom. The molecule has 1 aromatic carbocycles. The highest BCUT2D eigenvalue weighted by Crippen LogP contribution is 2.24. The van der Waals surface area contributed by atoms with E-state index >= 15 is 0 Å². The maximum Gasteiger partial charge on any atom is 0.119 e. The molecule has 0 unspecified atom stereocenters. The Hall–Kier alpha value is -1.24. The molecule has 0 saturated carbocycles. The molecule has 0 amide bonds. The summed E-state index contributed by atoms with van der Waals surface area (Å²) in [6.45, 7) is 13.5. The molecule has 94 valence electrons. The highest BCUT2D eigenvalue weighted by molar-refractivity contribution is 5.57. The van der Waals surface area contributed by atoms with Gasteiger partial charge in [-0.25, -0.2) is 0 Å². The number of unbranched alkanes of at least 4 members (excludes halogenated alkanes) is 1. The zero-order chi connectivity index (χ0) is 12.9. The first-order chi connectivity index (χ1) is 7.95. The van der Waals surface area contributed by atoms with Crippen LogP contribution >= 0.6 is 0 Å². The lowest BCUT2D eigenvalue weighted by molar-refractivity contribution is 0.271. The van der Waals surface area contributed by atoms with Crippen LogP contribution in [-0.4, -0.2) is 6.61 Å².